The lowest BCUT2D eigenvalue weighted by Gasteiger charge is -2.29. The van der Waals surface area contributed by atoms with Crippen LogP contribution in [0.3, 0.4) is 0 Å². The van der Waals surface area contributed by atoms with Gasteiger partial charge in [0.2, 0.25) is 0 Å². The molecule has 4 nitrogen and oxygen atoms in total. The zero-order chi connectivity index (χ0) is 13.0. The fourth-order valence-electron chi connectivity index (χ4n) is 2.35. The van der Waals surface area contributed by atoms with Crippen LogP contribution in [-0.4, -0.2) is 42.0 Å². The number of hydrogen-bond acceptors (Lipinski definition) is 4. The number of hydrogen-bond donors (Lipinski definition) is 1. The molecule has 0 spiro atoms. The lowest BCUT2D eigenvalue weighted by molar-refractivity contribution is 0.0731. The fraction of sp³-hybridized carbons (Fsp3) is 0.692. The van der Waals surface area contributed by atoms with Crippen molar-refractivity contribution in [2.45, 2.75) is 26.7 Å². The van der Waals surface area contributed by atoms with Crippen LogP contribution in [0.15, 0.2) is 6.20 Å². The number of amides is 1. The van der Waals surface area contributed by atoms with Crippen molar-refractivity contribution in [1.29, 1.82) is 0 Å². The van der Waals surface area contributed by atoms with Gasteiger partial charge in [-0.05, 0) is 45.7 Å². The molecule has 2 rings (SSSR count). The Morgan fingerprint density at radius 2 is 2.28 bits per heavy atom. The van der Waals surface area contributed by atoms with Crippen molar-refractivity contribution >= 4 is 17.2 Å². The van der Waals surface area contributed by atoms with Crippen LogP contribution in [0.4, 0.5) is 0 Å². The van der Waals surface area contributed by atoms with E-state index in [1.54, 1.807) is 6.20 Å². The van der Waals surface area contributed by atoms with Crippen LogP contribution >= 0.6 is 11.3 Å². The molecule has 0 unspecified atom stereocenters. The van der Waals surface area contributed by atoms with E-state index >= 15 is 0 Å². The summed E-state index contributed by atoms with van der Waals surface area (Å²) in [4.78, 5) is 19.2. The van der Waals surface area contributed by atoms with Gasteiger partial charge in [-0.15, -0.1) is 11.3 Å². The van der Waals surface area contributed by atoms with E-state index < -0.39 is 0 Å². The smallest absolute Gasteiger partial charge is 0.265 e. The summed E-state index contributed by atoms with van der Waals surface area (Å²) >= 11 is 1.49. The van der Waals surface area contributed by atoms with Gasteiger partial charge in [-0.3, -0.25) is 4.79 Å². The van der Waals surface area contributed by atoms with Crippen molar-refractivity contribution in [3.8, 4) is 0 Å². The first-order valence-corrected chi connectivity index (χ1v) is 7.44. The standard InChI is InChI=1S/C13H21N3OS/c1-3-16(9-11-4-6-14-7-5-11)13(17)12-8-15-10(2)18-12/h8,11,14H,3-7,9H2,1-2H3. The van der Waals surface area contributed by atoms with E-state index in [1.807, 2.05) is 18.7 Å². The van der Waals surface area contributed by atoms with Crippen molar-refractivity contribution in [1.82, 2.24) is 15.2 Å². The van der Waals surface area contributed by atoms with Gasteiger partial charge in [-0.1, -0.05) is 0 Å². The summed E-state index contributed by atoms with van der Waals surface area (Å²) in [5.74, 6) is 0.783. The van der Waals surface area contributed by atoms with E-state index in [0.717, 1.165) is 36.1 Å². The minimum absolute atomic E-state index is 0.140. The molecule has 1 saturated heterocycles. The number of nitrogens with one attached hydrogen (secondary N) is 1. The number of carbonyl (C=O) groups is 1. The summed E-state index contributed by atoms with van der Waals surface area (Å²) in [5.41, 5.74) is 0. The van der Waals surface area contributed by atoms with Gasteiger partial charge in [0.25, 0.3) is 5.91 Å². The van der Waals surface area contributed by atoms with Crippen molar-refractivity contribution in [2.24, 2.45) is 5.92 Å². The fourth-order valence-corrected chi connectivity index (χ4v) is 3.09. The Morgan fingerprint density at radius 1 is 1.56 bits per heavy atom. The zero-order valence-corrected chi connectivity index (χ0v) is 11.9. The number of rotatable bonds is 4. The summed E-state index contributed by atoms with van der Waals surface area (Å²) in [5, 5.41) is 4.31. The van der Waals surface area contributed by atoms with Crippen molar-refractivity contribution in [2.75, 3.05) is 26.2 Å². The lowest BCUT2D eigenvalue weighted by Crippen LogP contribution is -2.39. The number of nitrogens with zero attached hydrogens (tertiary/aromatic N) is 2. The molecular weight excluding hydrogens is 246 g/mol. The first-order chi connectivity index (χ1) is 8.70. The largest absolute Gasteiger partial charge is 0.338 e. The van der Waals surface area contributed by atoms with Gasteiger partial charge in [-0.25, -0.2) is 4.98 Å². The Labute approximate surface area is 112 Å². The number of piperidine rings is 1. The second-order valence-corrected chi connectivity index (χ2v) is 6.02. The van der Waals surface area contributed by atoms with Gasteiger partial charge in [0.1, 0.15) is 4.88 Å². The quantitative estimate of drug-likeness (QED) is 0.906. The minimum Gasteiger partial charge on any atom is -0.338 e. The van der Waals surface area contributed by atoms with Crippen LogP contribution in [0.25, 0.3) is 0 Å². The summed E-state index contributed by atoms with van der Waals surface area (Å²) < 4.78 is 0. The van der Waals surface area contributed by atoms with Gasteiger partial charge in [0.05, 0.1) is 11.2 Å². The predicted molar refractivity (Wildman–Crippen MR) is 74.0 cm³/mol. The van der Waals surface area contributed by atoms with Crippen LogP contribution in [0.1, 0.15) is 34.4 Å². The molecular formula is C13H21N3OS. The number of aryl methyl sites for hydroxylation is 1. The molecule has 100 valence electrons. The topological polar surface area (TPSA) is 45.2 Å². The van der Waals surface area contributed by atoms with Crippen LogP contribution < -0.4 is 5.32 Å². The monoisotopic (exact) mass is 267 g/mol. The highest BCUT2D eigenvalue weighted by atomic mass is 32.1. The average Bonchev–Trinajstić information content (AvgIpc) is 2.83. The first kappa shape index (κ1) is 13.5. The van der Waals surface area contributed by atoms with E-state index in [4.69, 9.17) is 0 Å². The third-order valence-electron chi connectivity index (χ3n) is 3.44. The van der Waals surface area contributed by atoms with Gasteiger partial charge in [0.15, 0.2) is 0 Å². The number of aromatic nitrogens is 1. The maximum atomic E-state index is 12.3. The van der Waals surface area contributed by atoms with Crippen LogP contribution in [-0.2, 0) is 0 Å². The molecule has 1 aromatic rings. The van der Waals surface area contributed by atoms with Crippen molar-refractivity contribution in [3.63, 3.8) is 0 Å². The summed E-state index contributed by atoms with van der Waals surface area (Å²) in [6, 6.07) is 0. The molecule has 0 radical (unpaired) electrons. The Balaban J connectivity index is 1.97. The maximum absolute atomic E-state index is 12.3. The second-order valence-electron chi connectivity index (χ2n) is 4.78. The molecule has 1 N–H and O–H groups in total. The molecule has 1 aromatic heterocycles. The maximum Gasteiger partial charge on any atom is 0.265 e. The third-order valence-corrected chi connectivity index (χ3v) is 4.34. The van der Waals surface area contributed by atoms with E-state index in [9.17, 15) is 4.79 Å². The summed E-state index contributed by atoms with van der Waals surface area (Å²) in [6.45, 7) is 7.80. The molecule has 0 bridgehead atoms. The first-order valence-electron chi connectivity index (χ1n) is 6.63. The third kappa shape index (κ3) is 3.29. The van der Waals surface area contributed by atoms with E-state index in [2.05, 4.69) is 10.3 Å². The van der Waals surface area contributed by atoms with Gasteiger partial charge in [0, 0.05) is 13.1 Å². The molecule has 1 aliphatic rings. The van der Waals surface area contributed by atoms with E-state index in [1.165, 1.54) is 24.2 Å². The van der Waals surface area contributed by atoms with Crippen LogP contribution in [0, 0.1) is 12.8 Å². The molecule has 0 atom stereocenters. The molecule has 0 aromatic carbocycles. The molecule has 1 fully saturated rings. The van der Waals surface area contributed by atoms with E-state index in [-0.39, 0.29) is 5.91 Å². The Morgan fingerprint density at radius 3 is 2.83 bits per heavy atom. The van der Waals surface area contributed by atoms with Gasteiger partial charge >= 0.3 is 0 Å². The lowest BCUT2D eigenvalue weighted by atomic mass is 9.97. The van der Waals surface area contributed by atoms with Crippen molar-refractivity contribution < 1.29 is 4.79 Å². The Bertz CT molecular complexity index is 399. The predicted octanol–water partition coefficient (Wildman–Crippen LogP) is 1.91. The highest BCUT2D eigenvalue weighted by molar-refractivity contribution is 7.13. The molecule has 18 heavy (non-hydrogen) atoms. The van der Waals surface area contributed by atoms with Crippen LogP contribution in [0.2, 0.25) is 0 Å². The second kappa shape index (κ2) is 6.29. The average molecular weight is 267 g/mol. The summed E-state index contributed by atoms with van der Waals surface area (Å²) in [6.07, 6.45) is 4.05. The van der Waals surface area contributed by atoms with E-state index in [0.29, 0.717) is 5.92 Å². The minimum atomic E-state index is 0.140. The Kier molecular flexibility index (Phi) is 4.72. The van der Waals surface area contributed by atoms with Gasteiger partial charge < -0.3 is 10.2 Å². The SMILES string of the molecule is CCN(CC1CCNCC1)C(=O)c1cnc(C)s1. The molecule has 1 amide bonds. The molecule has 0 aliphatic carbocycles. The number of thiazole rings is 1. The molecule has 0 saturated carbocycles. The zero-order valence-electron chi connectivity index (χ0n) is 11.1. The number of carbonyl (C=O) groups excluding carboxylic acids is 1. The van der Waals surface area contributed by atoms with Crippen LogP contribution in [0.5, 0.6) is 0 Å². The molecule has 2 heterocycles. The Hall–Kier alpha value is -0.940. The van der Waals surface area contributed by atoms with Gasteiger partial charge in [-0.2, -0.15) is 0 Å². The van der Waals surface area contributed by atoms with Crippen molar-refractivity contribution in [3.05, 3.63) is 16.1 Å². The highest BCUT2D eigenvalue weighted by Gasteiger charge is 2.21. The molecule has 1 aliphatic heterocycles. The summed E-state index contributed by atoms with van der Waals surface area (Å²) in [7, 11) is 0. The molecule has 5 heteroatoms. The highest BCUT2D eigenvalue weighted by Crippen LogP contribution is 2.18. The normalized spacial score (nSPS) is 16.8.